The van der Waals surface area contributed by atoms with Crippen molar-refractivity contribution in [1.29, 1.82) is 0 Å². The lowest BCUT2D eigenvalue weighted by molar-refractivity contribution is 0.574. The lowest BCUT2D eigenvalue weighted by Crippen LogP contribution is -2.19. The molecule has 2 aromatic rings. The van der Waals surface area contributed by atoms with Gasteiger partial charge in [-0.05, 0) is 6.07 Å². The topological polar surface area (TPSA) is 92.0 Å². The van der Waals surface area contributed by atoms with Crippen LogP contribution in [0.5, 0.6) is 0 Å². The Morgan fingerprint density at radius 1 is 1.14 bits per heavy atom. The minimum absolute atomic E-state index is 0.104. The summed E-state index contributed by atoms with van der Waals surface area (Å²) in [7, 11) is 3.53. The summed E-state index contributed by atoms with van der Waals surface area (Å²) in [5, 5.41) is 2.84. The molecule has 0 saturated carbocycles. The number of hydrogen-bond acceptors (Lipinski definition) is 7. The number of hydrogen-bond donors (Lipinski definition) is 3. The van der Waals surface area contributed by atoms with Gasteiger partial charge in [0.1, 0.15) is 11.6 Å². The van der Waals surface area contributed by atoms with Gasteiger partial charge < -0.3 is 10.2 Å². The van der Waals surface area contributed by atoms with Gasteiger partial charge in [0.25, 0.3) is 0 Å². The SMILES string of the molecule is CN(C)c1nc(NN)nc(NCc2ccc(F)cc2F)n1. The first-order chi connectivity index (χ1) is 9.99. The van der Waals surface area contributed by atoms with E-state index in [2.05, 4.69) is 25.7 Å². The van der Waals surface area contributed by atoms with Crippen molar-refractivity contribution in [3.05, 3.63) is 35.4 Å². The lowest BCUT2D eigenvalue weighted by Gasteiger charge is -2.13. The molecule has 4 N–H and O–H groups in total. The average Bonchev–Trinajstić information content (AvgIpc) is 2.46. The van der Waals surface area contributed by atoms with Gasteiger partial charge in [-0.15, -0.1) is 0 Å². The van der Waals surface area contributed by atoms with E-state index in [0.29, 0.717) is 11.5 Å². The summed E-state index contributed by atoms with van der Waals surface area (Å²) in [4.78, 5) is 13.9. The number of nitrogens with one attached hydrogen (secondary N) is 2. The zero-order valence-electron chi connectivity index (χ0n) is 11.6. The average molecular weight is 295 g/mol. The molecule has 0 spiro atoms. The molecule has 1 aromatic heterocycles. The smallest absolute Gasteiger partial charge is 0.243 e. The van der Waals surface area contributed by atoms with E-state index in [-0.39, 0.29) is 18.4 Å². The molecule has 0 unspecified atom stereocenters. The van der Waals surface area contributed by atoms with E-state index in [0.717, 1.165) is 6.07 Å². The normalized spacial score (nSPS) is 10.3. The maximum Gasteiger partial charge on any atom is 0.243 e. The molecule has 9 heteroatoms. The predicted molar refractivity (Wildman–Crippen MR) is 75.6 cm³/mol. The molecule has 0 aliphatic heterocycles. The van der Waals surface area contributed by atoms with E-state index in [1.54, 1.807) is 19.0 Å². The summed E-state index contributed by atoms with van der Waals surface area (Å²) in [5.41, 5.74) is 2.62. The molecule has 0 fully saturated rings. The largest absolute Gasteiger partial charge is 0.350 e. The zero-order chi connectivity index (χ0) is 15.4. The molecule has 0 amide bonds. The molecule has 0 saturated heterocycles. The number of hydrazine groups is 1. The molecule has 21 heavy (non-hydrogen) atoms. The van der Waals surface area contributed by atoms with Crippen LogP contribution in [0.4, 0.5) is 26.6 Å². The number of anilines is 3. The molecule has 1 heterocycles. The van der Waals surface area contributed by atoms with Crippen LogP contribution in [0.15, 0.2) is 18.2 Å². The molecule has 0 bridgehead atoms. The summed E-state index contributed by atoms with van der Waals surface area (Å²) >= 11 is 0. The predicted octanol–water partition coefficient (Wildman–Crippen LogP) is 1.11. The lowest BCUT2D eigenvalue weighted by atomic mass is 10.2. The fourth-order valence-corrected chi connectivity index (χ4v) is 1.55. The fourth-order valence-electron chi connectivity index (χ4n) is 1.55. The van der Waals surface area contributed by atoms with Crippen LogP contribution in [0, 0.1) is 11.6 Å². The highest BCUT2D eigenvalue weighted by Crippen LogP contribution is 2.14. The second-order valence-corrected chi connectivity index (χ2v) is 4.41. The Hall–Kier alpha value is -2.55. The van der Waals surface area contributed by atoms with Crippen LogP contribution in [0.1, 0.15) is 5.56 Å². The molecule has 0 aliphatic rings. The van der Waals surface area contributed by atoms with E-state index < -0.39 is 11.6 Å². The Morgan fingerprint density at radius 3 is 2.48 bits per heavy atom. The second kappa shape index (κ2) is 6.27. The molecule has 0 radical (unpaired) electrons. The standard InChI is InChI=1S/C12H15F2N7/c1-21(2)12-18-10(17-11(19-12)20-15)16-6-7-3-4-8(13)5-9(7)14/h3-5H,6,15H2,1-2H3,(H2,16,17,18,19,20). The Balaban J connectivity index is 2.17. The van der Waals surface area contributed by atoms with Gasteiger partial charge in [0, 0.05) is 32.3 Å². The van der Waals surface area contributed by atoms with Crippen molar-refractivity contribution in [2.75, 3.05) is 29.7 Å². The number of nitrogens with zero attached hydrogens (tertiary/aromatic N) is 4. The van der Waals surface area contributed by atoms with Crippen molar-refractivity contribution < 1.29 is 8.78 Å². The molecule has 2 rings (SSSR count). The third-order valence-corrected chi connectivity index (χ3v) is 2.60. The molecule has 0 atom stereocenters. The minimum Gasteiger partial charge on any atom is -0.350 e. The van der Waals surface area contributed by atoms with Crippen LogP contribution in [-0.2, 0) is 6.54 Å². The van der Waals surface area contributed by atoms with Crippen LogP contribution in [0.25, 0.3) is 0 Å². The van der Waals surface area contributed by atoms with Gasteiger partial charge in [0.05, 0.1) is 0 Å². The number of rotatable bonds is 5. The Morgan fingerprint density at radius 2 is 1.86 bits per heavy atom. The van der Waals surface area contributed by atoms with Gasteiger partial charge >= 0.3 is 0 Å². The molecule has 0 aliphatic carbocycles. The highest BCUT2D eigenvalue weighted by molar-refractivity contribution is 5.42. The highest BCUT2D eigenvalue weighted by atomic mass is 19.1. The molecule has 112 valence electrons. The number of aromatic nitrogens is 3. The van der Waals surface area contributed by atoms with Crippen LogP contribution < -0.4 is 21.5 Å². The first-order valence-electron chi connectivity index (χ1n) is 6.07. The fraction of sp³-hybridized carbons (Fsp3) is 0.250. The van der Waals surface area contributed by atoms with Gasteiger partial charge in [0.2, 0.25) is 17.8 Å². The van der Waals surface area contributed by atoms with Gasteiger partial charge in [-0.25, -0.2) is 14.6 Å². The van der Waals surface area contributed by atoms with Crippen molar-refractivity contribution in [2.24, 2.45) is 5.84 Å². The highest BCUT2D eigenvalue weighted by Gasteiger charge is 2.09. The summed E-state index contributed by atoms with van der Waals surface area (Å²) in [6, 6.07) is 3.36. The Bertz CT molecular complexity index is 633. The van der Waals surface area contributed by atoms with Crippen molar-refractivity contribution in [3.63, 3.8) is 0 Å². The van der Waals surface area contributed by atoms with Crippen LogP contribution in [-0.4, -0.2) is 29.0 Å². The number of halogens is 2. The number of nitrogens with two attached hydrogens (primary N) is 1. The second-order valence-electron chi connectivity index (χ2n) is 4.41. The van der Waals surface area contributed by atoms with Gasteiger partial charge in [-0.3, -0.25) is 5.43 Å². The van der Waals surface area contributed by atoms with Crippen LogP contribution >= 0.6 is 0 Å². The molecular weight excluding hydrogens is 280 g/mol. The van der Waals surface area contributed by atoms with Gasteiger partial charge in [-0.2, -0.15) is 15.0 Å². The first-order valence-corrected chi connectivity index (χ1v) is 6.07. The van der Waals surface area contributed by atoms with Crippen molar-refractivity contribution in [2.45, 2.75) is 6.54 Å². The number of nitrogen functional groups attached to an aromatic ring is 1. The van der Waals surface area contributed by atoms with Gasteiger partial charge in [-0.1, -0.05) is 6.07 Å². The third kappa shape index (κ3) is 3.72. The minimum atomic E-state index is -0.637. The van der Waals surface area contributed by atoms with Crippen LogP contribution in [0.3, 0.4) is 0 Å². The van der Waals surface area contributed by atoms with Crippen molar-refractivity contribution >= 4 is 17.8 Å². The Kier molecular flexibility index (Phi) is 4.43. The Labute approximate surface area is 120 Å². The van der Waals surface area contributed by atoms with Gasteiger partial charge in [0.15, 0.2) is 0 Å². The first kappa shape index (κ1) is 14.9. The summed E-state index contributed by atoms with van der Waals surface area (Å²) in [6.07, 6.45) is 0. The van der Waals surface area contributed by atoms with E-state index in [1.165, 1.54) is 12.1 Å². The monoisotopic (exact) mass is 295 g/mol. The van der Waals surface area contributed by atoms with E-state index >= 15 is 0 Å². The molecule has 7 nitrogen and oxygen atoms in total. The molecular formula is C12H15F2N7. The molecule has 1 aromatic carbocycles. The maximum absolute atomic E-state index is 13.5. The van der Waals surface area contributed by atoms with Crippen molar-refractivity contribution in [1.82, 2.24) is 15.0 Å². The summed E-state index contributed by atoms with van der Waals surface area (Å²) in [6.45, 7) is 0.104. The van der Waals surface area contributed by atoms with E-state index in [9.17, 15) is 8.78 Å². The number of benzene rings is 1. The third-order valence-electron chi connectivity index (χ3n) is 2.60. The quantitative estimate of drug-likeness (QED) is 0.562. The summed E-state index contributed by atoms with van der Waals surface area (Å²) < 4.78 is 26.4. The van der Waals surface area contributed by atoms with Crippen LogP contribution in [0.2, 0.25) is 0 Å². The van der Waals surface area contributed by atoms with E-state index in [4.69, 9.17) is 5.84 Å². The maximum atomic E-state index is 13.5. The van der Waals surface area contributed by atoms with E-state index in [1.807, 2.05) is 0 Å². The van der Waals surface area contributed by atoms with Crippen molar-refractivity contribution in [3.8, 4) is 0 Å². The summed E-state index contributed by atoms with van der Waals surface area (Å²) in [5.74, 6) is 4.82. The zero-order valence-corrected chi connectivity index (χ0v) is 11.6.